The number of anilines is 1. The number of nitrogens with zero attached hydrogens (tertiary/aromatic N) is 5. The number of carboxylic acids is 1. The van der Waals surface area contributed by atoms with Gasteiger partial charge in [-0.3, -0.25) is 0 Å². The summed E-state index contributed by atoms with van der Waals surface area (Å²) in [7, 11) is 5.55. The van der Waals surface area contributed by atoms with Crippen molar-refractivity contribution in [1.82, 2.24) is 19.5 Å². The molecule has 0 radical (unpaired) electrons. The molecule has 4 unspecified atom stereocenters. The molecule has 1 aliphatic carbocycles. The number of hydrogen-bond donors (Lipinski definition) is 1. The molecular weight excluding hydrogens is 568 g/mol. The summed E-state index contributed by atoms with van der Waals surface area (Å²) in [6, 6.07) is 11.9. The highest BCUT2D eigenvalue weighted by Gasteiger charge is 2.57. The third-order valence-electron chi connectivity index (χ3n) is 9.20. The molecule has 4 atom stereocenters. The van der Waals surface area contributed by atoms with Crippen molar-refractivity contribution >= 4 is 51.9 Å². The molecule has 4 heterocycles. The van der Waals surface area contributed by atoms with Gasteiger partial charge in [0, 0.05) is 37.1 Å². The minimum Gasteiger partial charge on any atom is -0.478 e. The maximum atomic E-state index is 11.7. The summed E-state index contributed by atoms with van der Waals surface area (Å²) >= 11 is 0. The van der Waals surface area contributed by atoms with Crippen molar-refractivity contribution in [2.75, 3.05) is 24.6 Å². The highest BCUT2D eigenvalue weighted by atomic mass is 31.0. The van der Waals surface area contributed by atoms with Crippen molar-refractivity contribution in [3.05, 3.63) is 65.1 Å². The summed E-state index contributed by atoms with van der Waals surface area (Å²) in [6.07, 6.45) is 6.19. The molecule has 0 amide bonds. The van der Waals surface area contributed by atoms with Crippen LogP contribution < -0.4 is 20.2 Å². The van der Waals surface area contributed by atoms with Gasteiger partial charge in [0.15, 0.2) is 0 Å². The van der Waals surface area contributed by atoms with E-state index in [1.807, 2.05) is 12.3 Å². The van der Waals surface area contributed by atoms with E-state index in [0.717, 1.165) is 84.2 Å². The number of carbonyl (C=O) groups is 1. The van der Waals surface area contributed by atoms with Gasteiger partial charge in [-0.1, -0.05) is 33.0 Å². The third-order valence-corrected chi connectivity index (χ3v) is 10.1. The van der Waals surface area contributed by atoms with Crippen molar-refractivity contribution in [2.24, 2.45) is 5.41 Å². The molecule has 9 nitrogen and oxygen atoms in total. The Labute approximate surface area is 249 Å². The van der Waals surface area contributed by atoms with Crippen LogP contribution in [0.15, 0.2) is 42.6 Å². The van der Waals surface area contributed by atoms with Crippen LogP contribution in [0.1, 0.15) is 58.9 Å². The maximum Gasteiger partial charge on any atom is 0.335 e. The number of benzene rings is 2. The molecule has 3 aliphatic rings. The first-order chi connectivity index (χ1) is 20.3. The van der Waals surface area contributed by atoms with Crippen molar-refractivity contribution in [1.29, 1.82) is 0 Å². The van der Waals surface area contributed by atoms with Crippen LogP contribution >= 0.6 is 18.5 Å². The highest BCUT2D eigenvalue weighted by molar-refractivity contribution is 7.28. The van der Waals surface area contributed by atoms with Crippen molar-refractivity contribution in [3.63, 3.8) is 0 Å². The Kier molecular flexibility index (Phi) is 7.16. The molecule has 3 fully saturated rings. The van der Waals surface area contributed by atoms with Gasteiger partial charge in [-0.2, -0.15) is 4.98 Å². The van der Waals surface area contributed by atoms with Gasteiger partial charge in [0.25, 0.3) is 0 Å². The van der Waals surface area contributed by atoms with E-state index in [-0.39, 0.29) is 17.1 Å². The molecule has 11 heteroatoms. The number of aromatic nitrogens is 4. The molecule has 2 aliphatic heterocycles. The second kappa shape index (κ2) is 10.9. The first kappa shape index (κ1) is 27.7. The number of ether oxygens (including phenoxy) is 2. The lowest BCUT2D eigenvalue weighted by Gasteiger charge is -2.34. The Bertz CT molecular complexity index is 1680. The number of fused-ring (bicyclic) bond motifs is 1. The van der Waals surface area contributed by atoms with Gasteiger partial charge in [0.1, 0.15) is 18.2 Å². The van der Waals surface area contributed by atoms with E-state index in [2.05, 4.69) is 58.1 Å². The SMILES string of the molecule is Cc1ccc(COc2ncc(P)c(N3CCC4(CC3)CC4c3nc4ccc(C(=O)O)cc4n3CC3CCO3)n2)c(P)c1. The van der Waals surface area contributed by atoms with E-state index in [1.165, 1.54) is 5.56 Å². The number of hydrogen-bond acceptors (Lipinski definition) is 7. The first-order valence-electron chi connectivity index (χ1n) is 14.5. The zero-order valence-electron chi connectivity index (χ0n) is 23.6. The Morgan fingerprint density at radius 3 is 2.67 bits per heavy atom. The molecule has 1 spiro atoms. The van der Waals surface area contributed by atoms with E-state index in [9.17, 15) is 9.90 Å². The molecule has 2 aromatic heterocycles. The number of rotatable bonds is 8. The molecule has 1 N–H and O–H groups in total. The summed E-state index contributed by atoms with van der Waals surface area (Å²) in [5, 5.41) is 11.7. The van der Waals surface area contributed by atoms with Gasteiger partial charge in [-0.15, -0.1) is 9.24 Å². The summed E-state index contributed by atoms with van der Waals surface area (Å²) in [6.45, 7) is 5.80. The van der Waals surface area contributed by atoms with Crippen LogP contribution in [0, 0.1) is 12.3 Å². The molecule has 218 valence electrons. The lowest BCUT2D eigenvalue weighted by Crippen LogP contribution is -2.38. The van der Waals surface area contributed by atoms with E-state index >= 15 is 0 Å². The largest absolute Gasteiger partial charge is 0.478 e. The highest BCUT2D eigenvalue weighted by Crippen LogP contribution is 2.65. The lowest BCUT2D eigenvalue weighted by atomic mass is 9.90. The van der Waals surface area contributed by atoms with Crippen LogP contribution in [0.5, 0.6) is 6.01 Å². The molecule has 2 saturated heterocycles. The van der Waals surface area contributed by atoms with Gasteiger partial charge in [0.2, 0.25) is 0 Å². The normalized spacial score (nSPS) is 21.0. The molecule has 42 heavy (non-hydrogen) atoms. The molecule has 1 saturated carbocycles. The van der Waals surface area contributed by atoms with Gasteiger partial charge in [-0.05, 0) is 67.1 Å². The minimum absolute atomic E-state index is 0.162. The number of piperidine rings is 1. The van der Waals surface area contributed by atoms with Crippen LogP contribution in [-0.4, -0.2) is 56.4 Å². The first-order valence-corrected chi connectivity index (χ1v) is 15.7. The predicted molar refractivity (Wildman–Crippen MR) is 169 cm³/mol. The van der Waals surface area contributed by atoms with Gasteiger partial charge in [0.05, 0.1) is 29.2 Å². The van der Waals surface area contributed by atoms with Crippen LogP contribution in [-0.2, 0) is 17.9 Å². The van der Waals surface area contributed by atoms with E-state index < -0.39 is 5.97 Å². The van der Waals surface area contributed by atoms with Gasteiger partial charge < -0.3 is 24.0 Å². The molecule has 2 aromatic carbocycles. The monoisotopic (exact) mass is 603 g/mol. The molecule has 0 bridgehead atoms. The van der Waals surface area contributed by atoms with Crippen LogP contribution in [0.25, 0.3) is 11.0 Å². The van der Waals surface area contributed by atoms with E-state index in [4.69, 9.17) is 19.4 Å². The average molecular weight is 604 g/mol. The fourth-order valence-corrected chi connectivity index (χ4v) is 7.24. The summed E-state index contributed by atoms with van der Waals surface area (Å²) in [4.78, 5) is 28.3. The molecule has 7 rings (SSSR count). The Hall–Kier alpha value is -3.12. The van der Waals surface area contributed by atoms with Crippen LogP contribution in [0.4, 0.5) is 5.82 Å². The smallest absolute Gasteiger partial charge is 0.335 e. The van der Waals surface area contributed by atoms with Crippen LogP contribution in [0.2, 0.25) is 0 Å². The Morgan fingerprint density at radius 1 is 1.14 bits per heavy atom. The van der Waals surface area contributed by atoms with Crippen molar-refractivity contribution < 1.29 is 19.4 Å². The van der Waals surface area contributed by atoms with Gasteiger partial charge >= 0.3 is 12.0 Å². The average Bonchev–Trinajstić information content (AvgIpc) is 3.52. The summed E-state index contributed by atoms with van der Waals surface area (Å²) < 4.78 is 14.0. The number of aryl methyl sites for hydroxylation is 1. The fraction of sp³-hybridized carbons (Fsp3) is 0.419. The Balaban J connectivity index is 1.07. The predicted octanol–water partition coefficient (Wildman–Crippen LogP) is 3.98. The number of carboxylic acid groups (broad SMARTS) is 1. The maximum absolute atomic E-state index is 11.7. The topological polar surface area (TPSA) is 103 Å². The van der Waals surface area contributed by atoms with E-state index in [0.29, 0.717) is 25.1 Å². The van der Waals surface area contributed by atoms with E-state index in [1.54, 1.807) is 12.1 Å². The minimum atomic E-state index is -0.919. The zero-order chi connectivity index (χ0) is 29.0. The zero-order valence-corrected chi connectivity index (χ0v) is 25.9. The lowest BCUT2D eigenvalue weighted by molar-refractivity contribution is -0.0590. The molecular formula is C31H35N5O4P2. The Morgan fingerprint density at radius 2 is 1.95 bits per heavy atom. The summed E-state index contributed by atoms with van der Waals surface area (Å²) in [5.41, 5.74) is 4.55. The van der Waals surface area contributed by atoms with Gasteiger partial charge in [-0.25, -0.2) is 14.8 Å². The van der Waals surface area contributed by atoms with Crippen molar-refractivity contribution in [3.8, 4) is 6.01 Å². The second-order valence-corrected chi connectivity index (χ2v) is 13.1. The molecule has 4 aromatic rings. The quantitative estimate of drug-likeness (QED) is 0.302. The summed E-state index contributed by atoms with van der Waals surface area (Å²) in [5.74, 6) is 1.42. The second-order valence-electron chi connectivity index (χ2n) is 11.9. The fourth-order valence-electron chi connectivity index (χ4n) is 6.47. The third kappa shape index (κ3) is 5.16. The van der Waals surface area contributed by atoms with Crippen molar-refractivity contribution in [2.45, 2.75) is 57.8 Å². The van der Waals surface area contributed by atoms with Crippen LogP contribution in [0.3, 0.4) is 0 Å². The number of imidazole rings is 1. The number of aromatic carboxylic acids is 1. The standard InChI is InChI=1S/C31H35N5O4P2/c1-18-2-3-20(25(41)12-18)17-40-30-32-15-26(42)28(34-30)35-9-7-31(8-10-35)14-22(31)27-33-23-5-4-19(29(37)38)13-24(23)36(27)16-21-6-11-39-21/h2-5,12-13,15,21-22H,6-11,14,16-17,41-42H2,1H3,(H,37,38).